The lowest BCUT2D eigenvalue weighted by Gasteiger charge is -2.05. The number of hydrogen-bond acceptors (Lipinski definition) is 5. The summed E-state index contributed by atoms with van der Waals surface area (Å²) in [7, 11) is 0. The normalized spacial score (nSPS) is 9.89. The molecule has 1 amide bonds. The van der Waals surface area contributed by atoms with Gasteiger partial charge < -0.3 is 10.4 Å². The number of nitro groups is 1. The summed E-state index contributed by atoms with van der Waals surface area (Å²) in [5.41, 5.74) is 0.320. The molecule has 0 bridgehead atoms. The third-order valence-corrected chi connectivity index (χ3v) is 2.38. The topological polar surface area (TPSA) is 105 Å². The molecule has 0 aliphatic heterocycles. The van der Waals surface area contributed by atoms with Crippen molar-refractivity contribution in [2.45, 2.75) is 0 Å². The van der Waals surface area contributed by atoms with Crippen LogP contribution < -0.4 is 5.32 Å². The fourth-order valence-electron chi connectivity index (χ4n) is 1.42. The molecule has 0 aliphatic carbocycles. The number of aromatic hydroxyl groups is 1. The van der Waals surface area contributed by atoms with Crippen molar-refractivity contribution in [3.8, 4) is 5.88 Å². The van der Waals surface area contributed by atoms with Gasteiger partial charge in [0.05, 0.1) is 4.92 Å². The lowest BCUT2D eigenvalue weighted by Crippen LogP contribution is -2.12. The first kappa shape index (κ1) is 12.5. The monoisotopic (exact) mass is 259 g/mol. The van der Waals surface area contributed by atoms with Crippen LogP contribution in [0, 0.1) is 10.1 Å². The van der Waals surface area contributed by atoms with E-state index >= 15 is 0 Å². The predicted molar refractivity (Wildman–Crippen MR) is 67.0 cm³/mol. The number of rotatable bonds is 3. The van der Waals surface area contributed by atoms with E-state index in [-0.39, 0.29) is 22.8 Å². The van der Waals surface area contributed by atoms with Crippen molar-refractivity contribution in [2.24, 2.45) is 0 Å². The highest BCUT2D eigenvalue weighted by atomic mass is 16.6. The van der Waals surface area contributed by atoms with E-state index in [1.165, 1.54) is 36.5 Å². The highest BCUT2D eigenvalue weighted by molar-refractivity contribution is 6.04. The van der Waals surface area contributed by atoms with Crippen molar-refractivity contribution < 1.29 is 14.8 Å². The quantitative estimate of drug-likeness (QED) is 0.647. The van der Waals surface area contributed by atoms with Gasteiger partial charge in [0.2, 0.25) is 5.88 Å². The first-order valence-corrected chi connectivity index (χ1v) is 5.28. The lowest BCUT2D eigenvalue weighted by atomic mass is 10.2. The minimum absolute atomic E-state index is 0.0965. The van der Waals surface area contributed by atoms with Gasteiger partial charge in [0.15, 0.2) is 0 Å². The molecular formula is C12H9N3O4. The summed E-state index contributed by atoms with van der Waals surface area (Å²) in [4.78, 5) is 25.4. The van der Waals surface area contributed by atoms with E-state index in [2.05, 4.69) is 10.3 Å². The van der Waals surface area contributed by atoms with E-state index in [1.54, 1.807) is 6.07 Å². The maximum atomic E-state index is 11.8. The Labute approximate surface area is 107 Å². The molecule has 2 N–H and O–H groups in total. The maximum Gasteiger partial charge on any atom is 0.269 e. The van der Waals surface area contributed by atoms with Crippen molar-refractivity contribution in [2.75, 3.05) is 5.32 Å². The number of nitrogens with one attached hydrogen (secondary N) is 1. The Morgan fingerprint density at radius 2 is 1.95 bits per heavy atom. The van der Waals surface area contributed by atoms with Crippen LogP contribution in [-0.4, -0.2) is 20.9 Å². The van der Waals surface area contributed by atoms with Crippen LogP contribution in [0.15, 0.2) is 42.6 Å². The molecule has 0 saturated heterocycles. The van der Waals surface area contributed by atoms with Gasteiger partial charge in [-0.15, -0.1) is 0 Å². The molecule has 0 spiro atoms. The summed E-state index contributed by atoms with van der Waals surface area (Å²) >= 11 is 0. The molecule has 1 aromatic heterocycles. The zero-order valence-corrected chi connectivity index (χ0v) is 9.61. The summed E-state index contributed by atoms with van der Waals surface area (Å²) in [6.07, 6.45) is 1.39. The number of nitro benzene ring substituents is 1. The Hall–Kier alpha value is -2.96. The second-order valence-electron chi connectivity index (χ2n) is 3.63. The zero-order chi connectivity index (χ0) is 13.8. The molecule has 2 rings (SSSR count). The highest BCUT2D eigenvalue weighted by Crippen LogP contribution is 2.19. The average Bonchev–Trinajstić information content (AvgIpc) is 2.41. The first-order chi connectivity index (χ1) is 9.08. The van der Waals surface area contributed by atoms with E-state index in [1.807, 2.05) is 0 Å². The number of aromatic nitrogens is 1. The molecule has 96 valence electrons. The molecular weight excluding hydrogens is 250 g/mol. The van der Waals surface area contributed by atoms with Gasteiger partial charge in [0, 0.05) is 23.9 Å². The SMILES string of the molecule is O=C(Nc1cccnc1O)c1ccc([N+](=O)[O-])cc1. The molecule has 0 radical (unpaired) electrons. The molecule has 0 unspecified atom stereocenters. The van der Waals surface area contributed by atoms with Crippen molar-refractivity contribution in [3.05, 3.63) is 58.3 Å². The first-order valence-electron chi connectivity index (χ1n) is 5.28. The molecule has 2 aromatic rings. The highest BCUT2D eigenvalue weighted by Gasteiger charge is 2.11. The van der Waals surface area contributed by atoms with Crippen LogP contribution in [0.1, 0.15) is 10.4 Å². The van der Waals surface area contributed by atoms with Gasteiger partial charge >= 0.3 is 0 Å². The van der Waals surface area contributed by atoms with Gasteiger partial charge in [0.25, 0.3) is 11.6 Å². The summed E-state index contributed by atoms with van der Waals surface area (Å²) in [6, 6.07) is 8.19. The Kier molecular flexibility index (Phi) is 3.37. The minimum Gasteiger partial charge on any atom is -0.492 e. The Morgan fingerprint density at radius 1 is 1.26 bits per heavy atom. The van der Waals surface area contributed by atoms with Crippen LogP contribution in [0.25, 0.3) is 0 Å². The van der Waals surface area contributed by atoms with Gasteiger partial charge in [-0.2, -0.15) is 0 Å². The van der Waals surface area contributed by atoms with Gasteiger partial charge in [-0.3, -0.25) is 14.9 Å². The fraction of sp³-hybridized carbons (Fsp3) is 0. The lowest BCUT2D eigenvalue weighted by molar-refractivity contribution is -0.384. The molecule has 19 heavy (non-hydrogen) atoms. The zero-order valence-electron chi connectivity index (χ0n) is 9.61. The Morgan fingerprint density at radius 3 is 2.53 bits per heavy atom. The molecule has 1 aromatic carbocycles. The minimum atomic E-state index is -0.547. The number of benzene rings is 1. The van der Waals surface area contributed by atoms with E-state index in [0.29, 0.717) is 0 Å². The third kappa shape index (κ3) is 2.83. The van der Waals surface area contributed by atoms with E-state index in [0.717, 1.165) is 0 Å². The van der Waals surface area contributed by atoms with Crippen molar-refractivity contribution >= 4 is 17.3 Å². The van der Waals surface area contributed by atoms with E-state index in [9.17, 15) is 20.0 Å². The second kappa shape index (κ2) is 5.13. The maximum absolute atomic E-state index is 11.8. The molecule has 0 saturated carbocycles. The number of non-ortho nitro benzene ring substituents is 1. The Bertz CT molecular complexity index is 625. The van der Waals surface area contributed by atoms with Crippen molar-refractivity contribution in [1.82, 2.24) is 4.98 Å². The van der Waals surface area contributed by atoms with Gasteiger partial charge in [-0.1, -0.05) is 0 Å². The molecule has 7 nitrogen and oxygen atoms in total. The number of nitrogens with zero attached hydrogens (tertiary/aromatic N) is 2. The van der Waals surface area contributed by atoms with Crippen LogP contribution in [0.2, 0.25) is 0 Å². The largest absolute Gasteiger partial charge is 0.492 e. The predicted octanol–water partition coefficient (Wildman–Crippen LogP) is 1.95. The number of amides is 1. The number of pyridine rings is 1. The van der Waals surface area contributed by atoms with E-state index in [4.69, 9.17) is 0 Å². The van der Waals surface area contributed by atoms with Gasteiger partial charge in [-0.25, -0.2) is 4.98 Å². The summed E-state index contributed by atoms with van der Waals surface area (Å²) in [5.74, 6) is -0.782. The van der Waals surface area contributed by atoms with Crippen LogP contribution in [0.3, 0.4) is 0 Å². The summed E-state index contributed by atoms with van der Waals surface area (Å²) in [5, 5.41) is 22.3. The van der Waals surface area contributed by atoms with Crippen LogP contribution >= 0.6 is 0 Å². The molecule has 1 heterocycles. The standard InChI is InChI=1S/C12H9N3O4/c16-11(14-10-2-1-7-13-12(10)17)8-3-5-9(6-4-8)15(18)19/h1-7H,(H,13,17)(H,14,16). The molecule has 7 heteroatoms. The molecule has 0 atom stereocenters. The van der Waals surface area contributed by atoms with Crippen molar-refractivity contribution in [3.63, 3.8) is 0 Å². The smallest absolute Gasteiger partial charge is 0.269 e. The fourth-order valence-corrected chi connectivity index (χ4v) is 1.42. The third-order valence-electron chi connectivity index (χ3n) is 2.38. The van der Waals surface area contributed by atoms with E-state index < -0.39 is 10.8 Å². The van der Waals surface area contributed by atoms with Gasteiger partial charge in [-0.05, 0) is 24.3 Å². The molecule has 0 aliphatic rings. The summed E-state index contributed by atoms with van der Waals surface area (Å²) < 4.78 is 0. The van der Waals surface area contributed by atoms with Crippen LogP contribution in [0.5, 0.6) is 5.88 Å². The summed E-state index contributed by atoms with van der Waals surface area (Å²) in [6.45, 7) is 0. The van der Waals surface area contributed by atoms with Gasteiger partial charge in [0.1, 0.15) is 5.69 Å². The number of hydrogen-bond donors (Lipinski definition) is 2. The Balaban J connectivity index is 2.16. The molecule has 0 fully saturated rings. The van der Waals surface area contributed by atoms with Crippen LogP contribution in [-0.2, 0) is 0 Å². The average molecular weight is 259 g/mol. The second-order valence-corrected chi connectivity index (χ2v) is 3.63. The van der Waals surface area contributed by atoms with Crippen molar-refractivity contribution in [1.29, 1.82) is 0 Å². The number of carbonyl (C=O) groups excluding carboxylic acids is 1. The number of anilines is 1. The van der Waals surface area contributed by atoms with Crippen LogP contribution in [0.4, 0.5) is 11.4 Å². The number of carbonyl (C=O) groups is 1.